The minimum Gasteiger partial charge on any atom is -0.369 e. The van der Waals surface area contributed by atoms with E-state index in [1.165, 1.54) is 6.42 Å². The van der Waals surface area contributed by atoms with Crippen molar-refractivity contribution in [1.82, 2.24) is 4.90 Å². The highest BCUT2D eigenvalue weighted by atomic mass is 35.5. The molecule has 0 aliphatic rings. The molecular formula is C9H20ClN. The van der Waals surface area contributed by atoms with Gasteiger partial charge in [-0.1, -0.05) is 31.9 Å². The van der Waals surface area contributed by atoms with Crippen LogP contribution in [-0.4, -0.2) is 19.0 Å². The van der Waals surface area contributed by atoms with E-state index < -0.39 is 0 Å². The average molecular weight is 178 g/mol. The molecule has 0 heterocycles. The Labute approximate surface area is 76.0 Å². The van der Waals surface area contributed by atoms with Gasteiger partial charge in [-0.3, -0.25) is 0 Å². The van der Waals surface area contributed by atoms with Gasteiger partial charge in [0, 0.05) is 14.1 Å². The van der Waals surface area contributed by atoms with E-state index in [4.69, 9.17) is 11.6 Å². The topological polar surface area (TPSA) is 3.24 Å². The van der Waals surface area contributed by atoms with E-state index in [1.807, 2.05) is 32.8 Å². The zero-order valence-corrected chi connectivity index (χ0v) is 9.29. The lowest BCUT2D eigenvalue weighted by Gasteiger charge is -2.11. The molecule has 0 aliphatic heterocycles. The average Bonchev–Trinajstić information content (AvgIpc) is 1.87. The summed E-state index contributed by atoms with van der Waals surface area (Å²) < 4.78 is 0. The van der Waals surface area contributed by atoms with Crippen LogP contribution in [0.3, 0.4) is 0 Å². The summed E-state index contributed by atoms with van der Waals surface area (Å²) in [7, 11) is 3.85. The van der Waals surface area contributed by atoms with Gasteiger partial charge < -0.3 is 4.90 Å². The van der Waals surface area contributed by atoms with E-state index in [0.717, 1.165) is 10.7 Å². The number of nitrogens with zero attached hydrogens (tertiary/aromatic N) is 1. The van der Waals surface area contributed by atoms with Crippen LogP contribution in [0.2, 0.25) is 0 Å². The summed E-state index contributed by atoms with van der Waals surface area (Å²) in [5.74, 6) is 0. The predicted molar refractivity (Wildman–Crippen MR) is 53.9 cm³/mol. The van der Waals surface area contributed by atoms with Crippen molar-refractivity contribution in [2.24, 2.45) is 0 Å². The van der Waals surface area contributed by atoms with Crippen molar-refractivity contribution >= 4 is 11.6 Å². The minimum absolute atomic E-state index is 0.824. The van der Waals surface area contributed by atoms with Crippen molar-refractivity contribution in [3.05, 3.63) is 10.7 Å². The number of allylic oxidation sites excluding steroid dienone is 1. The molecule has 0 amide bonds. The summed E-state index contributed by atoms with van der Waals surface area (Å²) in [6.07, 6.45) is 1.25. The Bertz CT molecular complexity index is 113. The Balaban J connectivity index is 0. The lowest BCUT2D eigenvalue weighted by atomic mass is 10.4. The van der Waals surface area contributed by atoms with E-state index in [1.54, 1.807) is 0 Å². The fourth-order valence-electron chi connectivity index (χ4n) is 0.447. The quantitative estimate of drug-likeness (QED) is 0.555. The van der Waals surface area contributed by atoms with E-state index in [2.05, 4.69) is 13.8 Å². The van der Waals surface area contributed by atoms with Crippen LogP contribution < -0.4 is 0 Å². The highest BCUT2D eigenvalue weighted by Gasteiger charge is 1.93. The van der Waals surface area contributed by atoms with E-state index in [-0.39, 0.29) is 0 Å². The molecule has 0 rings (SSSR count). The van der Waals surface area contributed by atoms with Gasteiger partial charge in [-0.25, -0.2) is 0 Å². The Morgan fingerprint density at radius 3 is 1.45 bits per heavy atom. The van der Waals surface area contributed by atoms with Crippen molar-refractivity contribution < 1.29 is 0 Å². The highest BCUT2D eigenvalue weighted by molar-refractivity contribution is 6.29. The van der Waals surface area contributed by atoms with E-state index in [9.17, 15) is 0 Å². The Kier molecular flexibility index (Phi) is 9.68. The molecule has 0 fully saturated rings. The molecule has 0 unspecified atom stereocenters. The van der Waals surface area contributed by atoms with Gasteiger partial charge in [0.05, 0.1) is 0 Å². The molecule has 0 atom stereocenters. The van der Waals surface area contributed by atoms with Crippen LogP contribution in [0.25, 0.3) is 0 Å². The van der Waals surface area contributed by atoms with Crippen LogP contribution in [0.15, 0.2) is 10.7 Å². The second kappa shape index (κ2) is 7.93. The molecule has 1 nitrogen and oxygen atoms in total. The van der Waals surface area contributed by atoms with E-state index >= 15 is 0 Å². The van der Waals surface area contributed by atoms with Crippen molar-refractivity contribution in [3.8, 4) is 0 Å². The third-order valence-corrected chi connectivity index (χ3v) is 1.52. The number of halogens is 1. The molecule has 0 aromatic heterocycles. The zero-order chi connectivity index (χ0) is 9.44. The van der Waals surface area contributed by atoms with Crippen LogP contribution >= 0.6 is 11.6 Å². The fraction of sp³-hybridized carbons (Fsp3) is 0.778. The molecule has 0 aliphatic carbocycles. The summed E-state index contributed by atoms with van der Waals surface area (Å²) in [4.78, 5) is 1.89. The van der Waals surface area contributed by atoms with Crippen molar-refractivity contribution in [3.63, 3.8) is 0 Å². The molecule has 0 aromatic carbocycles. The van der Waals surface area contributed by atoms with Crippen molar-refractivity contribution in [2.45, 2.75) is 34.1 Å². The third-order valence-electron chi connectivity index (χ3n) is 0.805. The molecule has 0 aromatic rings. The van der Waals surface area contributed by atoms with Gasteiger partial charge in [0.25, 0.3) is 0 Å². The maximum atomic E-state index is 5.76. The largest absolute Gasteiger partial charge is 0.369 e. The van der Waals surface area contributed by atoms with Crippen LogP contribution in [0.5, 0.6) is 0 Å². The Morgan fingerprint density at radius 1 is 1.18 bits per heavy atom. The summed E-state index contributed by atoms with van der Waals surface area (Å²) in [6.45, 7) is 8.23. The molecule has 0 saturated carbocycles. The second-order valence-electron chi connectivity index (χ2n) is 2.89. The first-order chi connectivity index (χ1) is 4.97. The molecule has 11 heavy (non-hydrogen) atoms. The van der Waals surface area contributed by atoms with Crippen LogP contribution in [0.1, 0.15) is 34.1 Å². The smallest absolute Gasteiger partial charge is 0.102 e. The number of hydrogen-bond acceptors (Lipinski definition) is 1. The van der Waals surface area contributed by atoms with Gasteiger partial charge in [0.1, 0.15) is 5.16 Å². The highest BCUT2D eigenvalue weighted by Crippen LogP contribution is 2.09. The lowest BCUT2D eigenvalue weighted by molar-refractivity contribution is 0.541. The van der Waals surface area contributed by atoms with E-state index in [0.29, 0.717) is 0 Å². The van der Waals surface area contributed by atoms with Gasteiger partial charge in [0.2, 0.25) is 0 Å². The molecule has 0 N–H and O–H groups in total. The first kappa shape index (κ1) is 13.4. The summed E-state index contributed by atoms with van der Waals surface area (Å²) in [5.41, 5.74) is 1.15. The Morgan fingerprint density at radius 2 is 1.45 bits per heavy atom. The fourth-order valence-corrected chi connectivity index (χ4v) is 0.447. The molecule has 0 radical (unpaired) electrons. The summed E-state index contributed by atoms with van der Waals surface area (Å²) >= 11 is 5.76. The molecule has 0 saturated heterocycles. The first-order valence-corrected chi connectivity index (χ1v) is 4.35. The number of hydrogen-bond donors (Lipinski definition) is 0. The monoisotopic (exact) mass is 177 g/mol. The van der Waals surface area contributed by atoms with Gasteiger partial charge in [-0.05, 0) is 19.4 Å². The summed E-state index contributed by atoms with van der Waals surface area (Å²) in [5, 5.41) is 0.824. The van der Waals surface area contributed by atoms with Crippen molar-refractivity contribution in [1.29, 1.82) is 0 Å². The summed E-state index contributed by atoms with van der Waals surface area (Å²) in [6, 6.07) is 0. The lowest BCUT2D eigenvalue weighted by Crippen LogP contribution is -2.07. The molecule has 0 spiro atoms. The minimum atomic E-state index is 0.824. The predicted octanol–water partition coefficient (Wildman–Crippen LogP) is 3.45. The Hall–Kier alpha value is -0.170. The van der Waals surface area contributed by atoms with Gasteiger partial charge in [-0.15, -0.1) is 0 Å². The van der Waals surface area contributed by atoms with Gasteiger partial charge in [0.15, 0.2) is 0 Å². The molecule has 68 valence electrons. The maximum absolute atomic E-state index is 5.76. The zero-order valence-electron chi connectivity index (χ0n) is 8.53. The number of rotatable bonds is 1. The standard InChI is InChI=1S/C6H12ClN.C3H8/c1-5(2)6(7)8(3)4;1-3-2/h1-4H3;3H2,1-2H3. The first-order valence-electron chi connectivity index (χ1n) is 3.97. The van der Waals surface area contributed by atoms with Crippen LogP contribution in [0.4, 0.5) is 0 Å². The van der Waals surface area contributed by atoms with Gasteiger partial charge >= 0.3 is 0 Å². The van der Waals surface area contributed by atoms with Crippen LogP contribution in [-0.2, 0) is 0 Å². The molecular weight excluding hydrogens is 158 g/mol. The van der Waals surface area contributed by atoms with Crippen LogP contribution in [0, 0.1) is 0 Å². The molecule has 0 bridgehead atoms. The second-order valence-corrected chi connectivity index (χ2v) is 3.25. The molecule has 2 heteroatoms. The SMILES string of the molecule is CC(C)=C(Cl)N(C)C.CCC. The normalized spacial score (nSPS) is 7.91. The van der Waals surface area contributed by atoms with Gasteiger partial charge in [-0.2, -0.15) is 0 Å². The maximum Gasteiger partial charge on any atom is 0.102 e. The third kappa shape index (κ3) is 9.83. The van der Waals surface area contributed by atoms with Crippen molar-refractivity contribution in [2.75, 3.05) is 14.1 Å².